The summed E-state index contributed by atoms with van der Waals surface area (Å²) < 4.78 is 0. The molecule has 0 spiro atoms. The van der Waals surface area contributed by atoms with Crippen LogP contribution in [0.4, 0.5) is 11.6 Å². The largest absolute Gasteiger partial charge is 0.370 e. The predicted molar refractivity (Wildman–Crippen MR) is 89.0 cm³/mol. The van der Waals surface area contributed by atoms with Crippen molar-refractivity contribution in [3.8, 4) is 0 Å². The highest BCUT2D eigenvalue weighted by atomic mass is 15.2. The van der Waals surface area contributed by atoms with Gasteiger partial charge in [0.15, 0.2) is 0 Å². The van der Waals surface area contributed by atoms with Crippen LogP contribution in [0.25, 0.3) is 0 Å². The fourth-order valence-corrected chi connectivity index (χ4v) is 2.71. The number of likely N-dealkylation sites (tertiary alicyclic amines) is 1. The van der Waals surface area contributed by atoms with Crippen LogP contribution < -0.4 is 10.6 Å². The zero-order valence-corrected chi connectivity index (χ0v) is 13.8. The van der Waals surface area contributed by atoms with Crippen molar-refractivity contribution in [1.82, 2.24) is 14.9 Å². The molecule has 1 atom stereocenters. The van der Waals surface area contributed by atoms with E-state index in [9.17, 15) is 0 Å². The van der Waals surface area contributed by atoms with Crippen LogP contribution in [-0.2, 0) is 0 Å². The normalized spacial score (nSPS) is 19.8. The van der Waals surface area contributed by atoms with E-state index in [1.807, 2.05) is 6.07 Å². The van der Waals surface area contributed by atoms with Crippen molar-refractivity contribution < 1.29 is 0 Å². The maximum Gasteiger partial charge on any atom is 0.135 e. The van der Waals surface area contributed by atoms with Crippen LogP contribution in [0.15, 0.2) is 6.07 Å². The van der Waals surface area contributed by atoms with E-state index < -0.39 is 0 Å². The van der Waals surface area contributed by atoms with Gasteiger partial charge in [-0.15, -0.1) is 0 Å². The fourth-order valence-electron chi connectivity index (χ4n) is 2.71. The third-order valence-electron chi connectivity index (χ3n) is 4.06. The van der Waals surface area contributed by atoms with Gasteiger partial charge in [-0.3, -0.25) is 0 Å². The number of likely N-dealkylation sites (N-methyl/N-ethyl adjacent to an activating group) is 1. The molecule has 1 aliphatic heterocycles. The van der Waals surface area contributed by atoms with Gasteiger partial charge in [0.05, 0.1) is 0 Å². The van der Waals surface area contributed by atoms with Crippen LogP contribution in [-0.4, -0.2) is 47.6 Å². The van der Waals surface area contributed by atoms with Gasteiger partial charge in [0.1, 0.15) is 17.5 Å². The van der Waals surface area contributed by atoms with E-state index in [4.69, 9.17) is 0 Å². The zero-order valence-electron chi connectivity index (χ0n) is 13.8. The van der Waals surface area contributed by atoms with Gasteiger partial charge < -0.3 is 15.5 Å². The Labute approximate surface area is 128 Å². The molecule has 5 heteroatoms. The van der Waals surface area contributed by atoms with Crippen LogP contribution >= 0.6 is 0 Å². The summed E-state index contributed by atoms with van der Waals surface area (Å²) in [5.41, 5.74) is 0. The summed E-state index contributed by atoms with van der Waals surface area (Å²) in [4.78, 5) is 11.7. The summed E-state index contributed by atoms with van der Waals surface area (Å²) in [6.07, 6.45) is 3.93. The van der Waals surface area contributed by atoms with Gasteiger partial charge in [0, 0.05) is 31.1 Å². The molecule has 118 valence electrons. The standard InChI is InChI=1S/C16H29N5/c1-5-17-14-10-15(20-16(19-14)12(2)3)18-11-13-8-6-7-9-21(13)4/h10,12-13H,5-9,11H2,1-4H3,(H2,17,18,19,20). The number of rotatable bonds is 6. The minimum atomic E-state index is 0.335. The van der Waals surface area contributed by atoms with E-state index in [1.165, 1.54) is 25.8 Å². The van der Waals surface area contributed by atoms with Gasteiger partial charge in [0.25, 0.3) is 0 Å². The lowest BCUT2D eigenvalue weighted by Gasteiger charge is -2.32. The summed E-state index contributed by atoms with van der Waals surface area (Å²) in [5, 5.41) is 6.79. The first-order chi connectivity index (χ1) is 10.1. The molecule has 2 rings (SSSR count). The smallest absolute Gasteiger partial charge is 0.135 e. The molecule has 0 bridgehead atoms. The Hall–Kier alpha value is -1.36. The molecular weight excluding hydrogens is 262 g/mol. The van der Waals surface area contributed by atoms with Crippen LogP contribution in [0.5, 0.6) is 0 Å². The Bertz CT molecular complexity index is 446. The number of aromatic nitrogens is 2. The molecule has 1 unspecified atom stereocenters. The lowest BCUT2D eigenvalue weighted by atomic mass is 10.0. The number of hydrogen-bond donors (Lipinski definition) is 2. The topological polar surface area (TPSA) is 53.1 Å². The van der Waals surface area contributed by atoms with Crippen molar-refractivity contribution in [3.63, 3.8) is 0 Å². The monoisotopic (exact) mass is 291 g/mol. The highest BCUT2D eigenvalue weighted by molar-refractivity contribution is 5.47. The van der Waals surface area contributed by atoms with E-state index in [2.05, 4.69) is 53.3 Å². The molecule has 2 heterocycles. The summed E-state index contributed by atoms with van der Waals surface area (Å²) in [5.74, 6) is 3.08. The maximum atomic E-state index is 4.64. The van der Waals surface area contributed by atoms with Gasteiger partial charge >= 0.3 is 0 Å². The SMILES string of the molecule is CCNc1cc(NCC2CCCCN2C)nc(C(C)C)n1. The van der Waals surface area contributed by atoms with Crippen molar-refractivity contribution in [2.45, 2.75) is 52.0 Å². The van der Waals surface area contributed by atoms with Gasteiger partial charge in [-0.25, -0.2) is 9.97 Å². The second kappa shape index (κ2) is 7.59. The average molecular weight is 291 g/mol. The molecule has 2 N–H and O–H groups in total. The zero-order chi connectivity index (χ0) is 15.2. The molecular formula is C16H29N5. The number of hydrogen-bond acceptors (Lipinski definition) is 5. The van der Waals surface area contributed by atoms with Crippen LogP contribution in [0.1, 0.15) is 51.8 Å². The van der Waals surface area contributed by atoms with E-state index in [0.29, 0.717) is 12.0 Å². The number of piperidine rings is 1. The number of nitrogens with zero attached hydrogens (tertiary/aromatic N) is 3. The molecule has 0 aromatic carbocycles. The lowest BCUT2D eigenvalue weighted by Crippen LogP contribution is -2.40. The Kier molecular flexibility index (Phi) is 5.79. The number of nitrogens with one attached hydrogen (secondary N) is 2. The first kappa shape index (κ1) is 16.0. The molecule has 21 heavy (non-hydrogen) atoms. The van der Waals surface area contributed by atoms with Crippen molar-refractivity contribution in [1.29, 1.82) is 0 Å². The average Bonchev–Trinajstić information content (AvgIpc) is 2.46. The molecule has 0 radical (unpaired) electrons. The molecule has 0 amide bonds. The van der Waals surface area contributed by atoms with Crippen LogP contribution in [0.3, 0.4) is 0 Å². The minimum Gasteiger partial charge on any atom is -0.370 e. The molecule has 0 aliphatic carbocycles. The summed E-state index contributed by atoms with van der Waals surface area (Å²) in [7, 11) is 2.22. The molecule has 5 nitrogen and oxygen atoms in total. The highest BCUT2D eigenvalue weighted by Crippen LogP contribution is 2.19. The van der Waals surface area contributed by atoms with Gasteiger partial charge in [-0.05, 0) is 33.4 Å². The lowest BCUT2D eigenvalue weighted by molar-refractivity contribution is 0.194. The van der Waals surface area contributed by atoms with E-state index in [-0.39, 0.29) is 0 Å². The molecule has 0 saturated carbocycles. The van der Waals surface area contributed by atoms with Crippen molar-refractivity contribution in [3.05, 3.63) is 11.9 Å². The second-order valence-corrected chi connectivity index (χ2v) is 6.19. The Morgan fingerprint density at radius 2 is 1.95 bits per heavy atom. The van der Waals surface area contributed by atoms with Gasteiger partial charge in [-0.2, -0.15) is 0 Å². The van der Waals surface area contributed by atoms with Crippen LogP contribution in [0.2, 0.25) is 0 Å². The predicted octanol–water partition coefficient (Wildman–Crippen LogP) is 2.93. The fraction of sp³-hybridized carbons (Fsp3) is 0.750. The highest BCUT2D eigenvalue weighted by Gasteiger charge is 2.18. The Morgan fingerprint density at radius 1 is 1.24 bits per heavy atom. The Balaban J connectivity index is 2.04. The first-order valence-electron chi connectivity index (χ1n) is 8.17. The van der Waals surface area contributed by atoms with E-state index >= 15 is 0 Å². The summed E-state index contributed by atoms with van der Waals surface area (Å²) in [6.45, 7) is 9.38. The maximum absolute atomic E-state index is 4.64. The molecule has 1 aliphatic rings. The third-order valence-corrected chi connectivity index (χ3v) is 4.06. The molecule has 1 fully saturated rings. The quantitative estimate of drug-likeness (QED) is 0.844. The van der Waals surface area contributed by atoms with Gasteiger partial charge in [0.2, 0.25) is 0 Å². The van der Waals surface area contributed by atoms with E-state index in [0.717, 1.165) is 30.5 Å². The molecule has 1 aromatic heterocycles. The number of anilines is 2. The Morgan fingerprint density at radius 3 is 2.57 bits per heavy atom. The second-order valence-electron chi connectivity index (χ2n) is 6.19. The van der Waals surface area contributed by atoms with Crippen molar-refractivity contribution >= 4 is 11.6 Å². The third kappa shape index (κ3) is 4.56. The first-order valence-corrected chi connectivity index (χ1v) is 8.17. The molecule has 1 aromatic rings. The van der Waals surface area contributed by atoms with Crippen molar-refractivity contribution in [2.75, 3.05) is 37.3 Å². The summed E-state index contributed by atoms with van der Waals surface area (Å²) >= 11 is 0. The van der Waals surface area contributed by atoms with Crippen molar-refractivity contribution in [2.24, 2.45) is 0 Å². The van der Waals surface area contributed by atoms with Crippen LogP contribution in [0, 0.1) is 0 Å². The summed E-state index contributed by atoms with van der Waals surface area (Å²) in [6, 6.07) is 2.62. The molecule has 1 saturated heterocycles. The van der Waals surface area contributed by atoms with E-state index in [1.54, 1.807) is 0 Å². The minimum absolute atomic E-state index is 0.335. The van der Waals surface area contributed by atoms with Gasteiger partial charge in [-0.1, -0.05) is 20.3 Å².